The number of aromatic nitrogens is 2. The molecule has 0 fully saturated rings. The van der Waals surface area contributed by atoms with Crippen LogP contribution in [-0.2, 0) is 6.54 Å². The maximum atomic E-state index is 14.2. The average Bonchev–Trinajstić information content (AvgIpc) is 3.31. The summed E-state index contributed by atoms with van der Waals surface area (Å²) in [5.74, 6) is -1.89. The Kier molecular flexibility index (Phi) is 4.98. The molecule has 0 saturated heterocycles. The third kappa shape index (κ3) is 3.56. The van der Waals surface area contributed by atoms with Gasteiger partial charge in [-0.25, -0.2) is 13.8 Å². The molecule has 4 nitrogen and oxygen atoms in total. The number of benzene rings is 2. The second kappa shape index (κ2) is 7.60. The molecule has 7 heteroatoms. The van der Waals surface area contributed by atoms with E-state index in [1.54, 1.807) is 17.6 Å². The molecule has 0 atom stereocenters. The SMILES string of the molecule is Cc1c(C(N)=O)cc(-c2csc(-c3ccccc3)n2)n1Cc1c(F)cccc1F. The van der Waals surface area contributed by atoms with Crippen molar-refractivity contribution < 1.29 is 13.6 Å². The molecule has 0 unspecified atom stereocenters. The minimum Gasteiger partial charge on any atom is -0.366 e. The molecular formula is C22H17F2N3OS. The van der Waals surface area contributed by atoms with Crippen LogP contribution in [0.25, 0.3) is 22.0 Å². The first-order valence-electron chi connectivity index (χ1n) is 8.90. The summed E-state index contributed by atoms with van der Waals surface area (Å²) in [6.45, 7) is 1.62. The molecule has 2 N–H and O–H groups in total. The third-order valence-electron chi connectivity index (χ3n) is 4.80. The fraction of sp³-hybridized carbons (Fsp3) is 0.0909. The molecule has 2 aromatic carbocycles. The molecule has 0 bridgehead atoms. The smallest absolute Gasteiger partial charge is 0.250 e. The van der Waals surface area contributed by atoms with Crippen LogP contribution in [0.5, 0.6) is 0 Å². The summed E-state index contributed by atoms with van der Waals surface area (Å²) < 4.78 is 30.1. The molecule has 0 aliphatic carbocycles. The summed E-state index contributed by atoms with van der Waals surface area (Å²) >= 11 is 1.45. The van der Waals surface area contributed by atoms with Gasteiger partial charge in [-0.15, -0.1) is 11.3 Å². The van der Waals surface area contributed by atoms with E-state index >= 15 is 0 Å². The highest BCUT2D eigenvalue weighted by Gasteiger charge is 2.21. The molecule has 0 radical (unpaired) electrons. The standard InChI is InChI=1S/C22H17F2N3OS/c1-13-15(21(25)28)10-20(27(13)11-16-17(23)8-5-9-18(16)24)19-12-29-22(26-19)14-6-3-2-4-7-14/h2-10,12H,11H2,1H3,(H2,25,28). The zero-order valence-electron chi connectivity index (χ0n) is 15.5. The van der Waals surface area contributed by atoms with Gasteiger partial charge in [0.25, 0.3) is 5.91 Å². The van der Waals surface area contributed by atoms with E-state index in [1.165, 1.54) is 29.5 Å². The molecule has 2 aromatic heterocycles. The summed E-state index contributed by atoms with van der Waals surface area (Å²) in [7, 11) is 0. The van der Waals surface area contributed by atoms with E-state index in [9.17, 15) is 13.6 Å². The molecule has 0 aliphatic rings. The van der Waals surface area contributed by atoms with E-state index in [1.807, 2.05) is 35.7 Å². The number of nitrogens with zero attached hydrogens (tertiary/aromatic N) is 2. The maximum absolute atomic E-state index is 14.2. The summed E-state index contributed by atoms with van der Waals surface area (Å²) in [5, 5.41) is 2.67. The van der Waals surface area contributed by atoms with Crippen LogP contribution < -0.4 is 5.73 Å². The summed E-state index contributed by atoms with van der Waals surface area (Å²) in [6.07, 6.45) is 0. The molecule has 0 saturated carbocycles. The van der Waals surface area contributed by atoms with Crippen LogP contribution in [0, 0.1) is 18.6 Å². The lowest BCUT2D eigenvalue weighted by Gasteiger charge is -2.12. The van der Waals surface area contributed by atoms with Gasteiger partial charge in [-0.1, -0.05) is 36.4 Å². The largest absolute Gasteiger partial charge is 0.366 e. The quantitative estimate of drug-likeness (QED) is 0.504. The summed E-state index contributed by atoms with van der Waals surface area (Å²) in [4.78, 5) is 16.5. The lowest BCUT2D eigenvalue weighted by Crippen LogP contribution is -2.13. The lowest BCUT2D eigenvalue weighted by molar-refractivity contribution is 0.0999. The number of carbonyl (C=O) groups excluding carboxylic acids is 1. The number of amides is 1. The summed E-state index contributed by atoms with van der Waals surface area (Å²) in [6, 6.07) is 15.1. The average molecular weight is 409 g/mol. The van der Waals surface area contributed by atoms with E-state index in [-0.39, 0.29) is 12.1 Å². The van der Waals surface area contributed by atoms with E-state index < -0.39 is 17.5 Å². The fourth-order valence-corrected chi connectivity index (χ4v) is 4.08. The van der Waals surface area contributed by atoms with Crippen molar-refractivity contribution in [3.8, 4) is 22.0 Å². The Bertz CT molecular complexity index is 1180. The van der Waals surface area contributed by atoms with Gasteiger partial charge in [0.05, 0.1) is 23.5 Å². The van der Waals surface area contributed by atoms with E-state index in [2.05, 4.69) is 4.98 Å². The van der Waals surface area contributed by atoms with Gasteiger partial charge in [-0.05, 0) is 25.1 Å². The second-order valence-electron chi connectivity index (χ2n) is 6.58. The highest BCUT2D eigenvalue weighted by molar-refractivity contribution is 7.13. The molecule has 2 heterocycles. The number of nitrogens with two attached hydrogens (primary N) is 1. The Labute approximate surface area is 170 Å². The van der Waals surface area contributed by atoms with Gasteiger partial charge in [0.15, 0.2) is 0 Å². The number of thiazole rings is 1. The first-order valence-corrected chi connectivity index (χ1v) is 9.78. The van der Waals surface area contributed by atoms with Crippen LogP contribution in [0.15, 0.2) is 60.0 Å². The topological polar surface area (TPSA) is 60.9 Å². The minimum absolute atomic E-state index is 0.0782. The van der Waals surface area contributed by atoms with Crippen LogP contribution in [0.4, 0.5) is 8.78 Å². The van der Waals surface area contributed by atoms with Crippen LogP contribution >= 0.6 is 11.3 Å². The number of hydrogen-bond acceptors (Lipinski definition) is 3. The molecule has 0 aliphatic heterocycles. The number of hydrogen-bond donors (Lipinski definition) is 1. The second-order valence-corrected chi connectivity index (χ2v) is 7.44. The lowest BCUT2D eigenvalue weighted by atomic mass is 10.2. The van der Waals surface area contributed by atoms with Crippen molar-refractivity contribution in [2.45, 2.75) is 13.5 Å². The van der Waals surface area contributed by atoms with E-state index in [0.29, 0.717) is 22.6 Å². The molecule has 1 amide bonds. The molecule has 4 rings (SSSR count). The van der Waals surface area contributed by atoms with Gasteiger partial charge in [-0.2, -0.15) is 0 Å². The zero-order valence-corrected chi connectivity index (χ0v) is 16.3. The zero-order chi connectivity index (χ0) is 20.5. The molecule has 146 valence electrons. The van der Waals surface area contributed by atoms with Crippen molar-refractivity contribution in [3.63, 3.8) is 0 Å². The highest BCUT2D eigenvalue weighted by Crippen LogP contribution is 2.32. The van der Waals surface area contributed by atoms with Crippen LogP contribution in [-0.4, -0.2) is 15.5 Å². The molecule has 29 heavy (non-hydrogen) atoms. The first kappa shape index (κ1) is 19.0. The van der Waals surface area contributed by atoms with Crippen LogP contribution in [0.3, 0.4) is 0 Å². The van der Waals surface area contributed by atoms with Crippen molar-refractivity contribution in [1.29, 1.82) is 0 Å². The van der Waals surface area contributed by atoms with Gasteiger partial charge in [-0.3, -0.25) is 4.79 Å². The first-order chi connectivity index (χ1) is 14.0. The normalized spacial score (nSPS) is 11.0. The van der Waals surface area contributed by atoms with Gasteiger partial charge in [0.1, 0.15) is 16.6 Å². The van der Waals surface area contributed by atoms with Gasteiger partial charge in [0, 0.05) is 22.2 Å². The minimum atomic E-state index is -0.645. The Hall–Kier alpha value is -3.32. The number of primary amides is 1. The Morgan fingerprint density at radius 1 is 1.10 bits per heavy atom. The Morgan fingerprint density at radius 2 is 1.79 bits per heavy atom. The van der Waals surface area contributed by atoms with Crippen LogP contribution in [0.1, 0.15) is 21.6 Å². The predicted molar refractivity (Wildman–Crippen MR) is 110 cm³/mol. The monoisotopic (exact) mass is 409 g/mol. The van der Waals surface area contributed by atoms with Crippen molar-refractivity contribution in [1.82, 2.24) is 9.55 Å². The van der Waals surface area contributed by atoms with E-state index in [0.717, 1.165) is 10.6 Å². The molecule has 0 spiro atoms. The summed E-state index contributed by atoms with van der Waals surface area (Å²) in [5.41, 5.74) is 8.41. The number of rotatable bonds is 5. The Balaban J connectivity index is 1.83. The number of carbonyl (C=O) groups is 1. The highest BCUT2D eigenvalue weighted by atomic mass is 32.1. The van der Waals surface area contributed by atoms with Gasteiger partial charge < -0.3 is 10.3 Å². The molecule has 4 aromatic rings. The van der Waals surface area contributed by atoms with Crippen molar-refractivity contribution in [2.75, 3.05) is 0 Å². The van der Waals surface area contributed by atoms with E-state index in [4.69, 9.17) is 5.73 Å². The molecular weight excluding hydrogens is 392 g/mol. The van der Waals surface area contributed by atoms with Crippen LogP contribution in [0.2, 0.25) is 0 Å². The van der Waals surface area contributed by atoms with Gasteiger partial charge in [0.2, 0.25) is 0 Å². The fourth-order valence-electron chi connectivity index (χ4n) is 3.26. The number of halogens is 2. The van der Waals surface area contributed by atoms with Crippen molar-refractivity contribution in [3.05, 3.63) is 88.4 Å². The Morgan fingerprint density at radius 3 is 2.45 bits per heavy atom. The maximum Gasteiger partial charge on any atom is 0.250 e. The predicted octanol–water partition coefficient (Wildman–Crippen LogP) is 5.01. The third-order valence-corrected chi connectivity index (χ3v) is 5.69. The van der Waals surface area contributed by atoms with Crippen molar-refractivity contribution in [2.24, 2.45) is 5.73 Å². The van der Waals surface area contributed by atoms with Gasteiger partial charge >= 0.3 is 0 Å². The van der Waals surface area contributed by atoms with Crippen molar-refractivity contribution >= 4 is 17.2 Å².